The van der Waals surface area contributed by atoms with Crippen LogP contribution in [0.4, 0.5) is 0 Å². The molecule has 408 valence electrons. The van der Waals surface area contributed by atoms with Gasteiger partial charge in [0.2, 0.25) is 18.1 Å². The van der Waals surface area contributed by atoms with Crippen LogP contribution in [0.3, 0.4) is 0 Å². The Morgan fingerprint density at radius 2 is 0.577 bits per heavy atom. The van der Waals surface area contributed by atoms with Crippen molar-refractivity contribution in [2.24, 2.45) is 0 Å². The second kappa shape index (κ2) is 21.3. The van der Waals surface area contributed by atoms with Crippen LogP contribution in [0.25, 0.3) is 0 Å². The van der Waals surface area contributed by atoms with Gasteiger partial charge in [0.15, 0.2) is 110 Å². The number of carbonyl (C=O) groups excluding carboxylic acids is 6. The molecule has 1 heterocycles. The van der Waals surface area contributed by atoms with E-state index in [0.29, 0.717) is 72.8 Å². The fourth-order valence-electron chi connectivity index (χ4n) is 7.08. The first kappa shape index (κ1) is 54.5. The van der Waals surface area contributed by atoms with E-state index in [1.807, 2.05) is 0 Å². The number of phenols is 17. The Labute approximate surface area is 430 Å². The molecule has 5 atom stereocenters. The molecule has 0 aromatic heterocycles. The lowest BCUT2D eigenvalue weighted by Gasteiger charge is -2.43. The van der Waals surface area contributed by atoms with Crippen LogP contribution >= 0.6 is 0 Å². The predicted octanol–water partition coefficient (Wildman–Crippen LogP) is 2.32. The van der Waals surface area contributed by atoms with Crippen LogP contribution in [0.2, 0.25) is 0 Å². The standard InChI is InChI=1S/C48H36O30/c49-20-1-14(2-21(50)33(20)61)42(66)72-13-32-39(75-44(68)19-11-30(59)38(31(60)12-19)74-43(67)15-3-22(51)34(62)23(52)4-15)40(76-45(69)16-5-24(53)35(63)25(54)6-16)41(77-46(70)17-7-26(55)36(64)27(56)8-17)48(73-32)78-47(71)18-9-28(57)37(65)29(58)10-18/h1-12,32,39-41,48-65H,13H2/t32-,39-,40+,41-,48+/m1/s1. The number of aromatic hydroxyl groups is 17. The molecule has 0 spiro atoms. The molecule has 6 aromatic rings. The van der Waals surface area contributed by atoms with Crippen LogP contribution in [0.1, 0.15) is 62.1 Å². The Bertz CT molecular complexity index is 3320. The molecule has 78 heavy (non-hydrogen) atoms. The molecule has 30 nitrogen and oxygen atoms in total. The van der Waals surface area contributed by atoms with E-state index in [1.54, 1.807) is 0 Å². The number of rotatable bonds is 13. The maximum Gasteiger partial charge on any atom is 0.344 e. The number of esters is 6. The fraction of sp³-hybridized carbons (Fsp3) is 0.125. The van der Waals surface area contributed by atoms with Crippen LogP contribution in [0.15, 0.2) is 72.8 Å². The largest absolute Gasteiger partial charge is 0.504 e. The highest BCUT2D eigenvalue weighted by molar-refractivity contribution is 5.96. The lowest BCUT2D eigenvalue weighted by molar-refractivity contribution is -0.282. The van der Waals surface area contributed by atoms with E-state index < -0.39 is 210 Å². The summed E-state index contributed by atoms with van der Waals surface area (Å²) in [5.41, 5.74) is -4.88. The lowest BCUT2D eigenvalue weighted by atomic mass is 9.97. The molecule has 1 aliphatic heterocycles. The maximum absolute atomic E-state index is 14.3. The number of hydrogen-bond donors (Lipinski definition) is 17. The molecule has 17 N–H and O–H groups in total. The molecule has 0 amide bonds. The minimum atomic E-state index is -2.64. The van der Waals surface area contributed by atoms with E-state index in [2.05, 4.69) is 0 Å². The number of phenolic OH excluding ortho intramolecular Hbond substituents is 17. The van der Waals surface area contributed by atoms with Gasteiger partial charge in [0.25, 0.3) is 0 Å². The highest BCUT2D eigenvalue weighted by atomic mass is 16.7. The summed E-state index contributed by atoms with van der Waals surface area (Å²) in [4.78, 5) is 82.5. The van der Waals surface area contributed by atoms with Gasteiger partial charge in [-0.2, -0.15) is 0 Å². The summed E-state index contributed by atoms with van der Waals surface area (Å²) < 4.78 is 38.4. The van der Waals surface area contributed by atoms with Crippen LogP contribution in [0, 0.1) is 0 Å². The molecule has 0 unspecified atom stereocenters. The van der Waals surface area contributed by atoms with Crippen LogP contribution in [-0.2, 0) is 28.4 Å². The van der Waals surface area contributed by atoms with Crippen molar-refractivity contribution >= 4 is 35.8 Å². The third-order valence-corrected chi connectivity index (χ3v) is 10.9. The van der Waals surface area contributed by atoms with Gasteiger partial charge in [0.05, 0.1) is 33.4 Å². The Balaban J connectivity index is 1.36. The number of ether oxygens (including phenoxy) is 7. The molecule has 6 aromatic carbocycles. The van der Waals surface area contributed by atoms with E-state index in [9.17, 15) is 116 Å². The van der Waals surface area contributed by atoms with Gasteiger partial charge in [0, 0.05) is 0 Å². The highest BCUT2D eigenvalue weighted by Gasteiger charge is 2.55. The smallest absolute Gasteiger partial charge is 0.344 e. The Morgan fingerprint density at radius 3 is 0.910 bits per heavy atom. The molecule has 1 fully saturated rings. The molecule has 7 rings (SSSR count). The lowest BCUT2D eigenvalue weighted by Crippen LogP contribution is -2.63. The molecule has 0 bridgehead atoms. The fourth-order valence-corrected chi connectivity index (χ4v) is 7.08. The second-order valence-electron chi connectivity index (χ2n) is 16.2. The van der Waals surface area contributed by atoms with Gasteiger partial charge in [-0.25, -0.2) is 28.8 Å². The Kier molecular flexibility index (Phi) is 14.9. The van der Waals surface area contributed by atoms with Crippen molar-refractivity contribution in [1.82, 2.24) is 0 Å². The SMILES string of the molecule is O=C(OC[C@H]1O[C@@H](OC(=O)c2cc(O)c(O)c(O)c2)[C@H](OC(=O)c2cc(O)c(O)c(O)c2)[C@@H](OC(=O)c2cc(O)c(O)c(O)c2)[C@@H]1OC(=O)c1cc(O)c(OC(=O)c2cc(O)c(O)c(O)c2)c(O)c1)c1cc(O)c(O)c(O)c1. The normalized spacial score (nSPS) is 16.7. The highest BCUT2D eigenvalue weighted by Crippen LogP contribution is 2.43. The molecule has 0 saturated carbocycles. The van der Waals surface area contributed by atoms with Gasteiger partial charge in [-0.1, -0.05) is 0 Å². The average molecular weight is 1090 g/mol. The molecule has 1 aliphatic rings. The van der Waals surface area contributed by atoms with Gasteiger partial charge in [0.1, 0.15) is 12.7 Å². The minimum absolute atomic E-state index is 0.469. The van der Waals surface area contributed by atoms with E-state index >= 15 is 0 Å². The van der Waals surface area contributed by atoms with Gasteiger partial charge in [-0.3, -0.25) is 0 Å². The molecular weight excluding hydrogens is 1060 g/mol. The number of hydrogen-bond acceptors (Lipinski definition) is 30. The average Bonchev–Trinajstić information content (AvgIpc) is 3.42. The zero-order valence-electron chi connectivity index (χ0n) is 38.4. The molecule has 0 radical (unpaired) electrons. The summed E-state index contributed by atoms with van der Waals surface area (Å²) in [6.45, 7) is -1.34. The van der Waals surface area contributed by atoms with Crippen molar-refractivity contribution in [3.63, 3.8) is 0 Å². The van der Waals surface area contributed by atoms with Crippen LogP contribution < -0.4 is 4.74 Å². The topological polar surface area (TPSA) is 511 Å². The van der Waals surface area contributed by atoms with Crippen molar-refractivity contribution in [1.29, 1.82) is 0 Å². The summed E-state index contributed by atoms with van der Waals surface area (Å²) in [6, 6.07) is 6.39. The van der Waals surface area contributed by atoms with Gasteiger partial charge >= 0.3 is 35.8 Å². The first-order chi connectivity index (χ1) is 36.6. The van der Waals surface area contributed by atoms with E-state index in [0.717, 1.165) is 0 Å². The van der Waals surface area contributed by atoms with Crippen molar-refractivity contribution in [2.45, 2.75) is 30.7 Å². The third kappa shape index (κ3) is 11.1. The number of benzene rings is 6. The maximum atomic E-state index is 14.3. The quantitative estimate of drug-likeness (QED) is 0.0341. The molecular formula is C48H36O30. The first-order valence-corrected chi connectivity index (χ1v) is 21.3. The summed E-state index contributed by atoms with van der Waals surface area (Å²) in [6.07, 6.45) is -12.7. The summed E-state index contributed by atoms with van der Waals surface area (Å²) in [7, 11) is 0. The van der Waals surface area contributed by atoms with Crippen LogP contribution in [-0.4, -0.2) is 160 Å². The van der Waals surface area contributed by atoms with Gasteiger partial charge in [-0.05, 0) is 72.8 Å². The van der Waals surface area contributed by atoms with Crippen molar-refractivity contribution < 1.29 is 149 Å². The van der Waals surface area contributed by atoms with Crippen molar-refractivity contribution in [3.05, 3.63) is 106 Å². The molecule has 30 heteroatoms. The minimum Gasteiger partial charge on any atom is -0.504 e. The predicted molar refractivity (Wildman–Crippen MR) is 244 cm³/mol. The third-order valence-electron chi connectivity index (χ3n) is 10.9. The monoisotopic (exact) mass is 1090 g/mol. The first-order valence-electron chi connectivity index (χ1n) is 21.3. The summed E-state index contributed by atoms with van der Waals surface area (Å²) in [5, 5.41) is 172. The van der Waals surface area contributed by atoms with E-state index in [1.165, 1.54) is 0 Å². The van der Waals surface area contributed by atoms with E-state index in [4.69, 9.17) is 33.2 Å². The van der Waals surface area contributed by atoms with Gasteiger partial charge in [-0.15, -0.1) is 0 Å². The summed E-state index contributed by atoms with van der Waals surface area (Å²) in [5.74, 6) is -30.1. The van der Waals surface area contributed by atoms with Crippen molar-refractivity contribution in [2.75, 3.05) is 6.61 Å². The van der Waals surface area contributed by atoms with Crippen molar-refractivity contribution in [3.8, 4) is 103 Å². The van der Waals surface area contributed by atoms with E-state index in [-0.39, 0.29) is 0 Å². The Morgan fingerprint density at radius 1 is 0.321 bits per heavy atom. The molecule has 1 saturated heterocycles. The summed E-state index contributed by atoms with van der Waals surface area (Å²) >= 11 is 0. The Hall–Kier alpha value is -11.3. The zero-order valence-corrected chi connectivity index (χ0v) is 38.4. The zero-order chi connectivity index (χ0) is 57.3. The molecule has 0 aliphatic carbocycles. The number of carbonyl (C=O) groups is 6. The van der Waals surface area contributed by atoms with Gasteiger partial charge < -0.3 is 120 Å². The second-order valence-corrected chi connectivity index (χ2v) is 16.2. The van der Waals surface area contributed by atoms with Crippen LogP contribution in [0.5, 0.6) is 103 Å².